The van der Waals surface area contributed by atoms with E-state index >= 15 is 0 Å². The summed E-state index contributed by atoms with van der Waals surface area (Å²) in [6, 6.07) is 8.45. The minimum atomic E-state index is -3.67. The maximum Gasteiger partial charge on any atom is 0.244 e. The number of hydrogen-bond acceptors (Lipinski definition) is 4. The molecule has 0 unspecified atom stereocenters. The molecule has 1 aromatic rings. The van der Waals surface area contributed by atoms with E-state index in [-0.39, 0.29) is 24.5 Å². The Morgan fingerprint density at radius 2 is 2.00 bits per heavy atom. The summed E-state index contributed by atoms with van der Waals surface area (Å²) in [5.74, 6) is 5.50. The van der Waals surface area contributed by atoms with Crippen LogP contribution in [0.5, 0.6) is 0 Å². The van der Waals surface area contributed by atoms with E-state index in [9.17, 15) is 8.42 Å². The highest BCUT2D eigenvalue weighted by atomic mass is 32.2. The Labute approximate surface area is 125 Å². The van der Waals surface area contributed by atoms with Crippen molar-refractivity contribution >= 4 is 10.0 Å². The van der Waals surface area contributed by atoms with Crippen LogP contribution < -0.4 is 0 Å². The number of sulfonamides is 1. The molecule has 0 bridgehead atoms. The molecule has 1 rings (SSSR count). The van der Waals surface area contributed by atoms with Gasteiger partial charge in [-0.2, -0.15) is 9.57 Å². The van der Waals surface area contributed by atoms with E-state index in [4.69, 9.17) is 10.4 Å². The van der Waals surface area contributed by atoms with Crippen molar-refractivity contribution < 1.29 is 13.5 Å². The molecule has 1 N–H and O–H groups in total. The van der Waals surface area contributed by atoms with Crippen molar-refractivity contribution in [3.8, 4) is 17.9 Å². The standard InChI is InChI=1S/C15H18N2O3S/c1-2-17(12-7-11-16)21(19,20)15-10-4-3-8-14(15)9-5-6-13-18/h3-4,8,10,18H,2,6-7,12-13H2,1H3. The third kappa shape index (κ3) is 4.57. The highest BCUT2D eigenvalue weighted by molar-refractivity contribution is 7.89. The highest BCUT2D eigenvalue weighted by Crippen LogP contribution is 2.19. The summed E-state index contributed by atoms with van der Waals surface area (Å²) in [6.07, 6.45) is 0.436. The summed E-state index contributed by atoms with van der Waals surface area (Å²) in [4.78, 5) is 0.134. The summed E-state index contributed by atoms with van der Waals surface area (Å²) in [7, 11) is -3.67. The first-order chi connectivity index (χ1) is 10.1. The van der Waals surface area contributed by atoms with Gasteiger partial charge in [-0.3, -0.25) is 0 Å². The van der Waals surface area contributed by atoms with Crippen molar-refractivity contribution in [2.24, 2.45) is 0 Å². The summed E-state index contributed by atoms with van der Waals surface area (Å²) < 4.78 is 26.5. The second-order valence-corrected chi connectivity index (χ2v) is 6.08. The smallest absolute Gasteiger partial charge is 0.244 e. The van der Waals surface area contributed by atoms with Gasteiger partial charge in [-0.1, -0.05) is 30.9 Å². The molecule has 0 saturated heterocycles. The van der Waals surface area contributed by atoms with Gasteiger partial charge in [0.15, 0.2) is 0 Å². The molecule has 0 amide bonds. The predicted octanol–water partition coefficient (Wildman–Crippen LogP) is 1.34. The molecule has 21 heavy (non-hydrogen) atoms. The van der Waals surface area contributed by atoms with E-state index in [1.807, 2.05) is 6.07 Å². The lowest BCUT2D eigenvalue weighted by atomic mass is 10.2. The summed E-state index contributed by atoms with van der Waals surface area (Å²) >= 11 is 0. The van der Waals surface area contributed by atoms with Crippen LogP contribution in [0.3, 0.4) is 0 Å². The molecule has 6 heteroatoms. The SMILES string of the molecule is CCN(CCC#N)S(=O)(=O)c1ccccc1C#CCCO. The van der Waals surface area contributed by atoms with Gasteiger partial charge in [-0.25, -0.2) is 8.42 Å². The Morgan fingerprint density at radius 1 is 1.29 bits per heavy atom. The van der Waals surface area contributed by atoms with Crippen LogP contribution in [-0.4, -0.2) is 37.5 Å². The summed E-state index contributed by atoms with van der Waals surface area (Å²) in [5.41, 5.74) is 0.404. The fourth-order valence-corrected chi connectivity index (χ4v) is 3.37. The van der Waals surface area contributed by atoms with Crippen molar-refractivity contribution in [3.63, 3.8) is 0 Å². The monoisotopic (exact) mass is 306 g/mol. The molecular weight excluding hydrogens is 288 g/mol. The lowest BCUT2D eigenvalue weighted by Gasteiger charge is -2.20. The van der Waals surface area contributed by atoms with Gasteiger partial charge in [-0.15, -0.1) is 0 Å². The van der Waals surface area contributed by atoms with Crippen molar-refractivity contribution in [1.82, 2.24) is 4.31 Å². The number of hydrogen-bond donors (Lipinski definition) is 1. The molecule has 0 radical (unpaired) electrons. The van der Waals surface area contributed by atoms with E-state index < -0.39 is 10.0 Å². The molecule has 5 nitrogen and oxygen atoms in total. The molecule has 0 spiro atoms. The minimum Gasteiger partial charge on any atom is -0.395 e. The second-order valence-electron chi connectivity index (χ2n) is 4.18. The van der Waals surface area contributed by atoms with Gasteiger partial charge in [0.1, 0.15) is 0 Å². The van der Waals surface area contributed by atoms with Gasteiger partial charge in [0.05, 0.1) is 17.6 Å². The second kappa shape index (κ2) is 8.43. The Balaban J connectivity index is 3.20. The summed E-state index contributed by atoms with van der Waals surface area (Å²) in [6.45, 7) is 2.12. The number of aliphatic hydroxyl groups is 1. The molecule has 0 aliphatic rings. The topological polar surface area (TPSA) is 81.4 Å². The number of benzene rings is 1. The molecule has 1 aromatic carbocycles. The van der Waals surface area contributed by atoms with Crippen molar-refractivity contribution in [2.75, 3.05) is 19.7 Å². The Kier molecular flexibility index (Phi) is 6.90. The average molecular weight is 306 g/mol. The van der Waals surface area contributed by atoms with Gasteiger partial charge >= 0.3 is 0 Å². The van der Waals surface area contributed by atoms with Crippen molar-refractivity contribution in [3.05, 3.63) is 29.8 Å². The normalized spacial score (nSPS) is 10.8. The quantitative estimate of drug-likeness (QED) is 0.804. The van der Waals surface area contributed by atoms with Gasteiger partial charge in [-0.05, 0) is 12.1 Å². The third-order valence-electron chi connectivity index (χ3n) is 2.79. The molecule has 0 aliphatic carbocycles. The van der Waals surface area contributed by atoms with Gasteiger partial charge < -0.3 is 5.11 Å². The third-order valence-corrected chi connectivity index (χ3v) is 4.82. The number of aliphatic hydroxyl groups excluding tert-OH is 1. The van der Waals surface area contributed by atoms with E-state index in [0.717, 1.165) is 0 Å². The molecule has 0 aliphatic heterocycles. The van der Waals surface area contributed by atoms with E-state index in [1.165, 1.54) is 10.4 Å². The lowest BCUT2D eigenvalue weighted by Crippen LogP contribution is -2.32. The molecule has 0 heterocycles. The maximum absolute atomic E-state index is 12.6. The van der Waals surface area contributed by atoms with E-state index in [2.05, 4.69) is 11.8 Å². The highest BCUT2D eigenvalue weighted by Gasteiger charge is 2.24. The largest absolute Gasteiger partial charge is 0.395 e. The van der Waals surface area contributed by atoms with Crippen LogP contribution >= 0.6 is 0 Å². The first-order valence-corrected chi connectivity index (χ1v) is 8.07. The molecule has 0 atom stereocenters. The summed E-state index contributed by atoms with van der Waals surface area (Å²) in [5, 5.41) is 17.4. The van der Waals surface area contributed by atoms with Crippen LogP contribution in [0.1, 0.15) is 25.3 Å². The maximum atomic E-state index is 12.6. The first-order valence-electron chi connectivity index (χ1n) is 6.63. The van der Waals surface area contributed by atoms with Crippen molar-refractivity contribution in [1.29, 1.82) is 5.26 Å². The molecule has 0 aromatic heterocycles. The van der Waals surface area contributed by atoms with Crippen LogP contribution in [0.15, 0.2) is 29.2 Å². The number of nitrogens with zero attached hydrogens (tertiary/aromatic N) is 2. The van der Waals surface area contributed by atoms with Gasteiger partial charge in [0, 0.05) is 31.5 Å². The average Bonchev–Trinajstić information content (AvgIpc) is 2.48. The van der Waals surface area contributed by atoms with E-state index in [1.54, 1.807) is 25.1 Å². The zero-order chi connectivity index (χ0) is 15.7. The Bertz CT molecular complexity index is 666. The Morgan fingerprint density at radius 3 is 2.62 bits per heavy atom. The van der Waals surface area contributed by atoms with Gasteiger partial charge in [0.25, 0.3) is 0 Å². The molecule has 0 saturated carbocycles. The zero-order valence-electron chi connectivity index (χ0n) is 11.9. The van der Waals surface area contributed by atoms with Crippen LogP contribution in [0.4, 0.5) is 0 Å². The van der Waals surface area contributed by atoms with Gasteiger partial charge in [0.2, 0.25) is 10.0 Å². The molecule has 112 valence electrons. The zero-order valence-corrected chi connectivity index (χ0v) is 12.7. The van der Waals surface area contributed by atoms with Crippen LogP contribution in [-0.2, 0) is 10.0 Å². The van der Waals surface area contributed by atoms with Crippen LogP contribution in [0.2, 0.25) is 0 Å². The van der Waals surface area contributed by atoms with Crippen LogP contribution in [0, 0.1) is 23.2 Å². The molecular formula is C15H18N2O3S. The number of rotatable bonds is 6. The fourth-order valence-electron chi connectivity index (χ4n) is 1.77. The lowest BCUT2D eigenvalue weighted by molar-refractivity contribution is 0.305. The predicted molar refractivity (Wildman–Crippen MR) is 79.7 cm³/mol. The van der Waals surface area contributed by atoms with Crippen LogP contribution in [0.25, 0.3) is 0 Å². The van der Waals surface area contributed by atoms with E-state index in [0.29, 0.717) is 18.5 Å². The first kappa shape index (κ1) is 17.2. The fraction of sp³-hybridized carbons (Fsp3) is 0.400. The minimum absolute atomic E-state index is 0.0643. The number of nitriles is 1. The van der Waals surface area contributed by atoms with Crippen molar-refractivity contribution in [2.45, 2.75) is 24.7 Å². The Hall–Kier alpha value is -1.86. The molecule has 0 fully saturated rings.